The molecule has 0 radical (unpaired) electrons. The maximum Gasteiger partial charge on any atom is 0.119 e. The van der Waals surface area contributed by atoms with Crippen LogP contribution in [0.15, 0.2) is 18.2 Å². The van der Waals surface area contributed by atoms with E-state index < -0.39 is 0 Å². The Labute approximate surface area is 90.0 Å². The van der Waals surface area contributed by atoms with E-state index in [2.05, 4.69) is 0 Å². The Morgan fingerprint density at radius 3 is 2.53 bits per heavy atom. The average Bonchev–Trinajstić information content (AvgIpc) is 2.21. The Balaban J connectivity index is 2.81. The van der Waals surface area contributed by atoms with Crippen LogP contribution in [0, 0.1) is 6.92 Å². The van der Waals surface area contributed by atoms with Crippen LogP contribution in [0.2, 0.25) is 0 Å². The molecular weight excluding hydrogens is 192 g/mol. The molecule has 0 fully saturated rings. The third-order valence-corrected chi connectivity index (χ3v) is 2.56. The number of aliphatic hydroxyl groups is 2. The van der Waals surface area contributed by atoms with Gasteiger partial charge in [0.2, 0.25) is 0 Å². The number of aromatic hydroxyl groups is 1. The lowest BCUT2D eigenvalue weighted by Crippen LogP contribution is -2.05. The SMILES string of the molecule is Cc1ccc([C@@H](CO)CCCO)c(O)c1. The number of phenols is 1. The lowest BCUT2D eigenvalue weighted by molar-refractivity contribution is 0.235. The van der Waals surface area contributed by atoms with E-state index in [1.54, 1.807) is 6.07 Å². The molecule has 0 heterocycles. The summed E-state index contributed by atoms with van der Waals surface area (Å²) in [6.45, 7) is 2.02. The van der Waals surface area contributed by atoms with Crippen molar-refractivity contribution in [1.82, 2.24) is 0 Å². The van der Waals surface area contributed by atoms with Crippen LogP contribution in [-0.2, 0) is 0 Å². The van der Waals surface area contributed by atoms with Crippen LogP contribution in [0.25, 0.3) is 0 Å². The summed E-state index contributed by atoms with van der Waals surface area (Å²) in [5.74, 6) is 0.143. The quantitative estimate of drug-likeness (QED) is 0.691. The number of benzene rings is 1. The van der Waals surface area contributed by atoms with Crippen molar-refractivity contribution < 1.29 is 15.3 Å². The highest BCUT2D eigenvalue weighted by atomic mass is 16.3. The minimum atomic E-state index is -0.0854. The van der Waals surface area contributed by atoms with Gasteiger partial charge < -0.3 is 15.3 Å². The lowest BCUT2D eigenvalue weighted by Gasteiger charge is -2.15. The molecule has 1 aromatic carbocycles. The molecule has 0 aliphatic carbocycles. The maximum atomic E-state index is 9.72. The zero-order chi connectivity index (χ0) is 11.3. The minimum Gasteiger partial charge on any atom is -0.508 e. The Bertz CT molecular complexity index is 310. The summed E-state index contributed by atoms with van der Waals surface area (Å²) < 4.78 is 0. The summed E-state index contributed by atoms with van der Waals surface area (Å²) in [4.78, 5) is 0. The summed E-state index contributed by atoms with van der Waals surface area (Å²) in [5, 5.41) is 27.7. The van der Waals surface area contributed by atoms with Gasteiger partial charge in [-0.3, -0.25) is 0 Å². The zero-order valence-corrected chi connectivity index (χ0v) is 8.98. The molecule has 0 saturated carbocycles. The van der Waals surface area contributed by atoms with Crippen LogP contribution in [-0.4, -0.2) is 28.5 Å². The molecule has 1 aromatic rings. The highest BCUT2D eigenvalue weighted by Gasteiger charge is 2.13. The third kappa shape index (κ3) is 3.22. The fourth-order valence-corrected chi connectivity index (χ4v) is 1.68. The molecule has 3 nitrogen and oxygen atoms in total. The van der Waals surface area contributed by atoms with Crippen LogP contribution in [0.3, 0.4) is 0 Å². The Morgan fingerprint density at radius 1 is 1.27 bits per heavy atom. The second kappa shape index (κ2) is 5.73. The lowest BCUT2D eigenvalue weighted by atomic mass is 9.93. The van der Waals surface area contributed by atoms with Crippen molar-refractivity contribution in [3.8, 4) is 5.75 Å². The largest absolute Gasteiger partial charge is 0.508 e. The van der Waals surface area contributed by atoms with E-state index in [9.17, 15) is 10.2 Å². The maximum absolute atomic E-state index is 9.72. The molecule has 0 saturated heterocycles. The topological polar surface area (TPSA) is 60.7 Å². The molecule has 3 N–H and O–H groups in total. The van der Waals surface area contributed by atoms with Crippen LogP contribution >= 0.6 is 0 Å². The van der Waals surface area contributed by atoms with E-state index in [1.807, 2.05) is 19.1 Å². The number of aliphatic hydroxyl groups excluding tert-OH is 2. The van der Waals surface area contributed by atoms with Gasteiger partial charge in [0.25, 0.3) is 0 Å². The second-order valence-corrected chi connectivity index (χ2v) is 3.81. The molecule has 0 bridgehead atoms. The van der Waals surface area contributed by atoms with E-state index in [1.165, 1.54) is 0 Å². The summed E-state index contributed by atoms with van der Waals surface area (Å²) >= 11 is 0. The van der Waals surface area contributed by atoms with E-state index in [0.717, 1.165) is 11.1 Å². The van der Waals surface area contributed by atoms with Crippen molar-refractivity contribution in [2.24, 2.45) is 0 Å². The molecule has 1 atom stereocenters. The molecular formula is C12H18O3. The van der Waals surface area contributed by atoms with Gasteiger partial charge in [0, 0.05) is 12.5 Å². The Hall–Kier alpha value is -1.06. The molecule has 3 heteroatoms. The molecule has 0 aliphatic heterocycles. The smallest absolute Gasteiger partial charge is 0.119 e. The van der Waals surface area contributed by atoms with Crippen LogP contribution < -0.4 is 0 Å². The Kier molecular flexibility index (Phi) is 4.59. The van der Waals surface area contributed by atoms with Crippen LogP contribution in [0.4, 0.5) is 0 Å². The zero-order valence-electron chi connectivity index (χ0n) is 8.98. The number of aryl methyl sites for hydroxylation is 1. The predicted octanol–water partition coefficient (Wildman–Crippen LogP) is 1.55. The highest BCUT2D eigenvalue weighted by Crippen LogP contribution is 2.29. The fourth-order valence-electron chi connectivity index (χ4n) is 1.68. The van der Waals surface area contributed by atoms with Crippen molar-refractivity contribution in [3.63, 3.8) is 0 Å². The van der Waals surface area contributed by atoms with Gasteiger partial charge in [-0.2, -0.15) is 0 Å². The summed E-state index contributed by atoms with van der Waals surface area (Å²) in [7, 11) is 0. The van der Waals surface area contributed by atoms with Gasteiger partial charge in [0.15, 0.2) is 0 Å². The van der Waals surface area contributed by atoms with Gasteiger partial charge in [-0.1, -0.05) is 12.1 Å². The average molecular weight is 210 g/mol. The van der Waals surface area contributed by atoms with E-state index in [-0.39, 0.29) is 24.9 Å². The fraction of sp³-hybridized carbons (Fsp3) is 0.500. The summed E-state index contributed by atoms with van der Waals surface area (Å²) in [6.07, 6.45) is 1.32. The predicted molar refractivity (Wildman–Crippen MR) is 59.0 cm³/mol. The van der Waals surface area contributed by atoms with Crippen molar-refractivity contribution in [2.75, 3.05) is 13.2 Å². The van der Waals surface area contributed by atoms with Crippen molar-refractivity contribution >= 4 is 0 Å². The summed E-state index contributed by atoms with van der Waals surface area (Å²) in [6, 6.07) is 5.44. The number of rotatable bonds is 5. The molecule has 84 valence electrons. The van der Waals surface area contributed by atoms with Gasteiger partial charge in [-0.15, -0.1) is 0 Å². The molecule has 0 aliphatic rings. The monoisotopic (exact) mass is 210 g/mol. The van der Waals surface area contributed by atoms with Crippen molar-refractivity contribution in [3.05, 3.63) is 29.3 Å². The minimum absolute atomic E-state index is 0.00335. The normalized spacial score (nSPS) is 12.7. The first-order chi connectivity index (χ1) is 7.19. The van der Waals surface area contributed by atoms with E-state index >= 15 is 0 Å². The van der Waals surface area contributed by atoms with Crippen LogP contribution in [0.5, 0.6) is 5.75 Å². The molecule has 15 heavy (non-hydrogen) atoms. The van der Waals surface area contributed by atoms with Gasteiger partial charge in [0.05, 0.1) is 6.61 Å². The third-order valence-electron chi connectivity index (χ3n) is 2.56. The van der Waals surface area contributed by atoms with E-state index in [0.29, 0.717) is 12.8 Å². The summed E-state index contributed by atoms with van der Waals surface area (Å²) in [5.41, 5.74) is 1.76. The first kappa shape index (κ1) is 12.0. The van der Waals surface area contributed by atoms with Gasteiger partial charge in [-0.25, -0.2) is 0 Å². The number of phenolic OH excluding ortho intramolecular Hbond substituents is 1. The highest BCUT2D eigenvalue weighted by molar-refractivity contribution is 5.38. The van der Waals surface area contributed by atoms with Crippen molar-refractivity contribution in [1.29, 1.82) is 0 Å². The van der Waals surface area contributed by atoms with E-state index in [4.69, 9.17) is 5.11 Å². The first-order valence-corrected chi connectivity index (χ1v) is 5.20. The molecule has 0 spiro atoms. The number of hydrogen-bond donors (Lipinski definition) is 3. The molecule has 0 unspecified atom stereocenters. The van der Waals surface area contributed by atoms with Crippen molar-refractivity contribution in [2.45, 2.75) is 25.7 Å². The first-order valence-electron chi connectivity index (χ1n) is 5.20. The van der Waals surface area contributed by atoms with Gasteiger partial charge in [0.1, 0.15) is 5.75 Å². The molecule has 0 aromatic heterocycles. The standard InChI is InChI=1S/C12H18O3/c1-9-4-5-11(12(15)7-9)10(8-14)3-2-6-13/h4-5,7,10,13-15H,2-3,6,8H2,1H3/t10-/m1/s1. The van der Waals surface area contributed by atoms with Gasteiger partial charge >= 0.3 is 0 Å². The molecule has 1 rings (SSSR count). The van der Waals surface area contributed by atoms with Gasteiger partial charge in [-0.05, 0) is 37.0 Å². The number of hydrogen-bond acceptors (Lipinski definition) is 3. The molecule has 0 amide bonds. The van der Waals surface area contributed by atoms with Crippen LogP contribution in [0.1, 0.15) is 29.9 Å². The Morgan fingerprint density at radius 2 is 2.00 bits per heavy atom. The second-order valence-electron chi connectivity index (χ2n) is 3.81.